The summed E-state index contributed by atoms with van der Waals surface area (Å²) in [7, 11) is 2.22. The van der Waals surface area contributed by atoms with Crippen molar-refractivity contribution in [3.63, 3.8) is 0 Å². The maximum Gasteiger partial charge on any atom is 0.0209 e. The third-order valence-electron chi connectivity index (χ3n) is 4.55. The molecule has 2 heteroatoms. The van der Waals surface area contributed by atoms with Gasteiger partial charge in [0.15, 0.2) is 0 Å². The van der Waals surface area contributed by atoms with Crippen molar-refractivity contribution in [2.45, 2.75) is 44.2 Å². The average Bonchev–Trinajstić information content (AvgIpc) is 2.71. The molecule has 0 spiro atoms. The number of likely N-dealkylation sites (tertiary alicyclic amines) is 1. The minimum absolute atomic E-state index is 0.735. The van der Waals surface area contributed by atoms with E-state index in [0.717, 1.165) is 18.0 Å². The lowest BCUT2D eigenvalue weighted by atomic mass is 9.75. The summed E-state index contributed by atoms with van der Waals surface area (Å²) < 4.78 is 0. The third kappa shape index (κ3) is 2.60. The van der Waals surface area contributed by atoms with Crippen LogP contribution >= 0.6 is 0 Å². The van der Waals surface area contributed by atoms with Gasteiger partial charge in [-0.05, 0) is 51.3 Å². The zero-order chi connectivity index (χ0) is 12.5. The van der Waals surface area contributed by atoms with Gasteiger partial charge >= 0.3 is 0 Å². The van der Waals surface area contributed by atoms with E-state index in [0.29, 0.717) is 0 Å². The van der Waals surface area contributed by atoms with Gasteiger partial charge in [-0.1, -0.05) is 29.8 Å². The fourth-order valence-corrected chi connectivity index (χ4v) is 3.27. The highest BCUT2D eigenvalue weighted by Crippen LogP contribution is 2.37. The number of nitrogens with zero attached hydrogens (tertiary/aromatic N) is 1. The summed E-state index contributed by atoms with van der Waals surface area (Å²) in [6.07, 6.45) is 3.97. The lowest BCUT2D eigenvalue weighted by Crippen LogP contribution is -2.46. The molecule has 1 heterocycles. The molecule has 1 N–H and O–H groups in total. The van der Waals surface area contributed by atoms with E-state index in [1.54, 1.807) is 0 Å². The normalized spacial score (nSPS) is 32.4. The first-order chi connectivity index (χ1) is 8.70. The van der Waals surface area contributed by atoms with Crippen molar-refractivity contribution < 1.29 is 0 Å². The highest BCUT2D eigenvalue weighted by Gasteiger charge is 2.32. The summed E-state index contributed by atoms with van der Waals surface area (Å²) >= 11 is 0. The fourth-order valence-electron chi connectivity index (χ4n) is 3.27. The predicted octanol–water partition coefficient (Wildman–Crippen LogP) is 2.53. The summed E-state index contributed by atoms with van der Waals surface area (Å²) in [5.74, 6) is 0.794. The van der Waals surface area contributed by atoms with Crippen LogP contribution in [0.25, 0.3) is 0 Å². The van der Waals surface area contributed by atoms with Crippen LogP contribution in [0.1, 0.15) is 36.3 Å². The van der Waals surface area contributed by atoms with E-state index in [-0.39, 0.29) is 0 Å². The molecule has 1 aliphatic heterocycles. The number of rotatable bonds is 3. The van der Waals surface area contributed by atoms with Crippen molar-refractivity contribution >= 4 is 0 Å². The number of benzene rings is 1. The molecule has 0 amide bonds. The van der Waals surface area contributed by atoms with Gasteiger partial charge in [-0.2, -0.15) is 0 Å². The van der Waals surface area contributed by atoms with Crippen LogP contribution in [-0.4, -0.2) is 37.1 Å². The first-order valence-electron chi connectivity index (χ1n) is 7.22. The molecule has 0 radical (unpaired) electrons. The van der Waals surface area contributed by atoms with Crippen molar-refractivity contribution in [1.29, 1.82) is 0 Å². The van der Waals surface area contributed by atoms with E-state index in [4.69, 9.17) is 0 Å². The van der Waals surface area contributed by atoms with Crippen molar-refractivity contribution in [2.24, 2.45) is 0 Å². The summed E-state index contributed by atoms with van der Waals surface area (Å²) in [6, 6.07) is 10.6. The molecular weight excluding hydrogens is 220 g/mol. The molecule has 2 fully saturated rings. The Morgan fingerprint density at radius 2 is 1.83 bits per heavy atom. The second-order valence-electron chi connectivity index (χ2n) is 6.19. The van der Waals surface area contributed by atoms with E-state index < -0.39 is 0 Å². The molecule has 2 nitrogen and oxygen atoms in total. The van der Waals surface area contributed by atoms with E-state index in [1.807, 2.05) is 0 Å². The highest BCUT2D eigenvalue weighted by molar-refractivity contribution is 5.26. The number of hydrogen-bond donors (Lipinski definition) is 1. The second kappa shape index (κ2) is 5.02. The lowest BCUT2D eigenvalue weighted by Gasteiger charge is -2.38. The Morgan fingerprint density at radius 3 is 2.44 bits per heavy atom. The van der Waals surface area contributed by atoms with Crippen LogP contribution < -0.4 is 5.32 Å². The van der Waals surface area contributed by atoms with Gasteiger partial charge in [-0.3, -0.25) is 0 Å². The van der Waals surface area contributed by atoms with Crippen molar-refractivity contribution in [3.05, 3.63) is 35.4 Å². The maximum atomic E-state index is 3.82. The van der Waals surface area contributed by atoms with Gasteiger partial charge in [0.1, 0.15) is 0 Å². The Kier molecular flexibility index (Phi) is 3.40. The fraction of sp³-hybridized carbons (Fsp3) is 0.625. The first kappa shape index (κ1) is 12.2. The molecule has 3 rings (SSSR count). The maximum absolute atomic E-state index is 3.82. The molecule has 98 valence electrons. The molecule has 1 saturated carbocycles. The van der Waals surface area contributed by atoms with Crippen molar-refractivity contribution in [1.82, 2.24) is 10.2 Å². The molecule has 1 unspecified atom stereocenters. The zero-order valence-corrected chi connectivity index (χ0v) is 11.5. The monoisotopic (exact) mass is 244 g/mol. The van der Waals surface area contributed by atoms with Gasteiger partial charge < -0.3 is 10.2 Å². The Morgan fingerprint density at radius 1 is 1.11 bits per heavy atom. The Labute approximate surface area is 110 Å². The molecule has 18 heavy (non-hydrogen) atoms. The Bertz CT molecular complexity index is 392. The van der Waals surface area contributed by atoms with Gasteiger partial charge in [-0.25, -0.2) is 0 Å². The minimum Gasteiger partial charge on any atom is -0.310 e. The number of hydrogen-bond acceptors (Lipinski definition) is 2. The van der Waals surface area contributed by atoms with Crippen LogP contribution in [0.15, 0.2) is 24.3 Å². The minimum atomic E-state index is 0.735. The van der Waals surface area contributed by atoms with Crippen molar-refractivity contribution in [3.8, 4) is 0 Å². The number of likely N-dealkylation sites (N-methyl/N-ethyl adjacent to an activating group) is 1. The Hall–Kier alpha value is -0.860. The van der Waals surface area contributed by atoms with Crippen LogP contribution in [0.4, 0.5) is 0 Å². The predicted molar refractivity (Wildman–Crippen MR) is 76.0 cm³/mol. The van der Waals surface area contributed by atoms with Crippen LogP contribution in [0.2, 0.25) is 0 Å². The molecule has 0 bridgehead atoms. The highest BCUT2D eigenvalue weighted by atomic mass is 15.2. The van der Waals surface area contributed by atoms with Gasteiger partial charge in [0, 0.05) is 18.6 Å². The molecule has 1 aromatic carbocycles. The summed E-state index contributed by atoms with van der Waals surface area (Å²) in [6.45, 7) is 4.64. The summed E-state index contributed by atoms with van der Waals surface area (Å²) in [4.78, 5) is 2.42. The van der Waals surface area contributed by atoms with E-state index in [1.165, 1.54) is 43.5 Å². The average molecular weight is 244 g/mol. The second-order valence-corrected chi connectivity index (χ2v) is 6.19. The van der Waals surface area contributed by atoms with Crippen LogP contribution in [0, 0.1) is 6.92 Å². The summed E-state index contributed by atoms with van der Waals surface area (Å²) in [5.41, 5.74) is 2.89. The molecule has 0 aromatic heterocycles. The van der Waals surface area contributed by atoms with Gasteiger partial charge in [0.25, 0.3) is 0 Å². The third-order valence-corrected chi connectivity index (χ3v) is 4.55. The SMILES string of the molecule is Cc1ccc(C2CC(NC3CCN(C)C3)C2)cc1. The van der Waals surface area contributed by atoms with E-state index in [9.17, 15) is 0 Å². The van der Waals surface area contributed by atoms with Gasteiger partial charge in [-0.15, -0.1) is 0 Å². The van der Waals surface area contributed by atoms with Gasteiger partial charge in [0.2, 0.25) is 0 Å². The summed E-state index contributed by atoms with van der Waals surface area (Å²) in [5, 5.41) is 3.82. The van der Waals surface area contributed by atoms with Crippen LogP contribution in [0.3, 0.4) is 0 Å². The number of nitrogens with one attached hydrogen (secondary N) is 1. The topological polar surface area (TPSA) is 15.3 Å². The van der Waals surface area contributed by atoms with Crippen molar-refractivity contribution in [2.75, 3.05) is 20.1 Å². The van der Waals surface area contributed by atoms with Crippen LogP contribution in [0.5, 0.6) is 0 Å². The smallest absolute Gasteiger partial charge is 0.0209 e. The molecule has 1 atom stereocenters. The molecular formula is C16H24N2. The molecule has 1 aromatic rings. The molecule has 2 aliphatic rings. The first-order valence-corrected chi connectivity index (χ1v) is 7.22. The standard InChI is InChI=1S/C16H24N2/c1-12-3-5-13(6-4-12)14-9-16(10-14)17-15-7-8-18(2)11-15/h3-6,14-17H,7-11H2,1-2H3. The Balaban J connectivity index is 1.47. The molecule has 1 saturated heterocycles. The van der Waals surface area contributed by atoms with E-state index in [2.05, 4.69) is 48.5 Å². The number of aryl methyl sites for hydroxylation is 1. The largest absolute Gasteiger partial charge is 0.310 e. The quantitative estimate of drug-likeness (QED) is 0.879. The van der Waals surface area contributed by atoms with Gasteiger partial charge in [0.05, 0.1) is 0 Å². The molecule has 1 aliphatic carbocycles. The van der Waals surface area contributed by atoms with Crippen LogP contribution in [-0.2, 0) is 0 Å². The lowest BCUT2D eigenvalue weighted by molar-refractivity contribution is 0.263. The van der Waals surface area contributed by atoms with E-state index >= 15 is 0 Å². The zero-order valence-electron chi connectivity index (χ0n) is 11.5.